The first-order valence-electron chi connectivity index (χ1n) is 9.47. The van der Waals surface area contributed by atoms with Crippen molar-refractivity contribution < 1.29 is 19.4 Å². The van der Waals surface area contributed by atoms with Crippen LogP contribution in [0, 0.1) is 20.2 Å². The largest absolute Gasteiger partial charge is 0.317 e. The maximum Gasteiger partial charge on any atom is 0.286 e. The summed E-state index contributed by atoms with van der Waals surface area (Å²) in [5.41, 5.74) is 5.79. The van der Waals surface area contributed by atoms with Gasteiger partial charge in [-0.05, 0) is 48.0 Å². The molecule has 0 aliphatic heterocycles. The summed E-state index contributed by atoms with van der Waals surface area (Å²) in [6.07, 6.45) is 1.36. The molecule has 0 spiro atoms. The minimum Gasteiger partial charge on any atom is -0.317 e. The molecule has 33 heavy (non-hydrogen) atoms. The third-order valence-corrected chi connectivity index (χ3v) is 4.34. The zero-order valence-corrected chi connectivity index (χ0v) is 16.9. The number of anilines is 1. The van der Waals surface area contributed by atoms with Gasteiger partial charge < -0.3 is 5.32 Å². The van der Waals surface area contributed by atoms with Crippen LogP contribution in [0.25, 0.3) is 6.08 Å². The highest BCUT2D eigenvalue weighted by atomic mass is 16.6. The quantitative estimate of drug-likeness (QED) is 0.271. The van der Waals surface area contributed by atoms with Gasteiger partial charge in [0.25, 0.3) is 23.2 Å². The molecule has 0 aliphatic carbocycles. The van der Waals surface area contributed by atoms with Crippen LogP contribution in [0.3, 0.4) is 0 Å². The van der Waals surface area contributed by atoms with Crippen molar-refractivity contribution in [1.82, 2.24) is 10.7 Å². The van der Waals surface area contributed by atoms with Crippen LogP contribution in [0.1, 0.15) is 15.9 Å². The number of nitrogens with one attached hydrogen (secondary N) is 3. The van der Waals surface area contributed by atoms with Gasteiger partial charge in [0.2, 0.25) is 0 Å². The average Bonchev–Trinajstić information content (AvgIpc) is 2.83. The Morgan fingerprint density at radius 1 is 0.758 bits per heavy atom. The summed E-state index contributed by atoms with van der Waals surface area (Å²) in [7, 11) is 0. The SMILES string of the molecule is O=C(NNc1ccc([N+](=O)[O-])cc1)/C(=C/c1ccc([N+](=O)[O-])cc1)NC(=O)c1ccccc1. The number of carbonyl (C=O) groups excluding carboxylic acids is 2. The van der Waals surface area contributed by atoms with E-state index in [0.29, 0.717) is 16.8 Å². The molecule has 11 nitrogen and oxygen atoms in total. The van der Waals surface area contributed by atoms with Gasteiger partial charge in [0.15, 0.2) is 0 Å². The normalized spacial score (nSPS) is 10.7. The number of non-ortho nitro benzene ring substituents is 2. The van der Waals surface area contributed by atoms with E-state index < -0.39 is 21.7 Å². The number of benzene rings is 3. The van der Waals surface area contributed by atoms with E-state index in [-0.39, 0.29) is 17.1 Å². The second-order valence-corrected chi connectivity index (χ2v) is 6.61. The highest BCUT2D eigenvalue weighted by Crippen LogP contribution is 2.16. The van der Waals surface area contributed by atoms with Gasteiger partial charge in [0, 0.05) is 29.8 Å². The van der Waals surface area contributed by atoms with Crippen LogP contribution >= 0.6 is 0 Å². The molecule has 0 atom stereocenters. The standard InChI is InChI=1S/C22H17N5O6/c28-21(16-4-2-1-3-5-16)23-20(14-15-6-10-18(11-7-15)26(30)31)22(29)25-24-17-8-12-19(13-9-17)27(32)33/h1-14,24H,(H,23,28)(H,25,29)/b20-14-. The van der Waals surface area contributed by atoms with E-state index >= 15 is 0 Å². The molecule has 0 aliphatic rings. The minimum absolute atomic E-state index is 0.110. The van der Waals surface area contributed by atoms with Crippen molar-refractivity contribution in [3.63, 3.8) is 0 Å². The Labute approximate surface area is 187 Å². The van der Waals surface area contributed by atoms with E-state index in [0.717, 1.165) is 0 Å². The van der Waals surface area contributed by atoms with Crippen LogP contribution < -0.4 is 16.2 Å². The van der Waals surface area contributed by atoms with Crippen LogP contribution in [0.15, 0.2) is 84.6 Å². The molecule has 0 saturated heterocycles. The van der Waals surface area contributed by atoms with Gasteiger partial charge in [0.1, 0.15) is 5.70 Å². The maximum absolute atomic E-state index is 12.8. The van der Waals surface area contributed by atoms with Gasteiger partial charge in [-0.2, -0.15) is 0 Å². The summed E-state index contributed by atoms with van der Waals surface area (Å²) < 4.78 is 0. The second kappa shape index (κ2) is 10.3. The van der Waals surface area contributed by atoms with Crippen molar-refractivity contribution in [3.8, 4) is 0 Å². The lowest BCUT2D eigenvalue weighted by Gasteiger charge is -2.13. The number of hydrogen-bond donors (Lipinski definition) is 3. The Bertz CT molecular complexity index is 1210. The Balaban J connectivity index is 1.80. The second-order valence-electron chi connectivity index (χ2n) is 6.61. The Hall–Kier alpha value is -5.06. The van der Waals surface area contributed by atoms with E-state index in [2.05, 4.69) is 16.2 Å². The lowest BCUT2D eigenvalue weighted by Crippen LogP contribution is -2.37. The summed E-state index contributed by atoms with van der Waals surface area (Å²) in [5, 5.41) is 24.1. The summed E-state index contributed by atoms with van der Waals surface area (Å²) in [5.74, 6) is -1.25. The molecule has 3 aromatic carbocycles. The Morgan fingerprint density at radius 2 is 1.30 bits per heavy atom. The number of nitro groups is 2. The molecule has 0 bridgehead atoms. The molecule has 0 heterocycles. The smallest absolute Gasteiger partial charge is 0.286 e. The Morgan fingerprint density at radius 3 is 1.85 bits per heavy atom. The van der Waals surface area contributed by atoms with Crippen LogP contribution in [0.5, 0.6) is 0 Å². The molecular formula is C22H17N5O6. The monoisotopic (exact) mass is 447 g/mol. The first-order chi connectivity index (χ1) is 15.8. The molecule has 0 saturated carbocycles. The van der Waals surface area contributed by atoms with Crippen molar-refractivity contribution in [2.45, 2.75) is 0 Å². The molecule has 0 radical (unpaired) electrons. The Kier molecular flexibility index (Phi) is 7.06. The lowest BCUT2D eigenvalue weighted by atomic mass is 10.1. The number of nitro benzene ring substituents is 2. The number of nitrogens with zero attached hydrogens (tertiary/aromatic N) is 2. The zero-order valence-electron chi connectivity index (χ0n) is 16.9. The van der Waals surface area contributed by atoms with Crippen molar-refractivity contribution in [1.29, 1.82) is 0 Å². The minimum atomic E-state index is -0.712. The zero-order chi connectivity index (χ0) is 23.8. The number of amides is 2. The third kappa shape index (κ3) is 6.21. The molecule has 0 aromatic heterocycles. The maximum atomic E-state index is 12.8. The fourth-order valence-corrected chi connectivity index (χ4v) is 2.66. The van der Waals surface area contributed by atoms with Gasteiger partial charge in [-0.15, -0.1) is 0 Å². The molecule has 11 heteroatoms. The first-order valence-corrected chi connectivity index (χ1v) is 9.47. The predicted molar refractivity (Wildman–Crippen MR) is 120 cm³/mol. The number of rotatable bonds is 8. The van der Waals surface area contributed by atoms with Gasteiger partial charge >= 0.3 is 0 Å². The molecule has 166 valence electrons. The summed E-state index contributed by atoms with van der Waals surface area (Å²) in [6.45, 7) is 0. The fraction of sp³-hybridized carbons (Fsp3) is 0. The van der Waals surface area contributed by atoms with Gasteiger partial charge in [-0.1, -0.05) is 18.2 Å². The van der Waals surface area contributed by atoms with E-state index in [1.807, 2.05) is 0 Å². The molecule has 2 amide bonds. The van der Waals surface area contributed by atoms with Gasteiger partial charge in [-0.25, -0.2) is 0 Å². The average molecular weight is 447 g/mol. The van der Waals surface area contributed by atoms with Crippen LogP contribution in [-0.4, -0.2) is 21.7 Å². The highest BCUT2D eigenvalue weighted by Gasteiger charge is 2.15. The van der Waals surface area contributed by atoms with Gasteiger partial charge in [-0.3, -0.25) is 40.7 Å². The highest BCUT2D eigenvalue weighted by molar-refractivity contribution is 6.05. The van der Waals surface area contributed by atoms with E-state index in [4.69, 9.17) is 0 Å². The molecule has 0 unspecified atom stereocenters. The van der Waals surface area contributed by atoms with Crippen molar-refractivity contribution in [2.24, 2.45) is 0 Å². The fourth-order valence-electron chi connectivity index (χ4n) is 2.66. The summed E-state index contributed by atoms with van der Waals surface area (Å²) in [6, 6.07) is 19.0. The summed E-state index contributed by atoms with van der Waals surface area (Å²) in [4.78, 5) is 45.8. The topological polar surface area (TPSA) is 157 Å². The number of hydrogen-bond acceptors (Lipinski definition) is 7. The van der Waals surface area contributed by atoms with Crippen molar-refractivity contribution in [2.75, 3.05) is 5.43 Å². The number of hydrazine groups is 1. The number of carbonyl (C=O) groups is 2. The van der Waals surface area contributed by atoms with Gasteiger partial charge in [0.05, 0.1) is 15.5 Å². The molecule has 3 N–H and O–H groups in total. The van der Waals surface area contributed by atoms with Crippen LogP contribution in [0.2, 0.25) is 0 Å². The first kappa shape index (κ1) is 22.6. The van der Waals surface area contributed by atoms with Crippen molar-refractivity contribution in [3.05, 3.63) is 116 Å². The molecular weight excluding hydrogens is 430 g/mol. The van der Waals surface area contributed by atoms with Crippen LogP contribution in [0.4, 0.5) is 17.1 Å². The molecule has 0 fully saturated rings. The molecule has 3 aromatic rings. The van der Waals surface area contributed by atoms with E-state index in [9.17, 15) is 29.8 Å². The van der Waals surface area contributed by atoms with E-state index in [1.54, 1.807) is 30.3 Å². The van der Waals surface area contributed by atoms with Crippen LogP contribution in [-0.2, 0) is 4.79 Å². The molecule has 3 rings (SSSR count). The summed E-state index contributed by atoms with van der Waals surface area (Å²) >= 11 is 0. The lowest BCUT2D eigenvalue weighted by molar-refractivity contribution is -0.385. The van der Waals surface area contributed by atoms with Crippen molar-refractivity contribution >= 4 is 35.0 Å². The van der Waals surface area contributed by atoms with E-state index in [1.165, 1.54) is 54.6 Å². The third-order valence-electron chi connectivity index (χ3n) is 4.34. The predicted octanol–water partition coefficient (Wildman–Crippen LogP) is 3.42.